The van der Waals surface area contributed by atoms with Crippen molar-refractivity contribution in [2.75, 3.05) is 0 Å². The van der Waals surface area contributed by atoms with Gasteiger partial charge in [0.05, 0.1) is 0 Å². The van der Waals surface area contributed by atoms with Crippen LogP contribution >= 0.6 is 11.6 Å². The lowest BCUT2D eigenvalue weighted by Gasteiger charge is -2.18. The zero-order chi connectivity index (χ0) is 11.0. The summed E-state index contributed by atoms with van der Waals surface area (Å²) in [5.74, 6) is -0.0405. The smallest absolute Gasteiger partial charge is 0.237 e. The van der Waals surface area contributed by atoms with Gasteiger partial charge in [-0.05, 0) is 19.8 Å². The summed E-state index contributed by atoms with van der Waals surface area (Å²) in [5.41, 5.74) is 0. The minimum Gasteiger partial charge on any atom is -0.352 e. The van der Waals surface area contributed by atoms with E-state index in [9.17, 15) is 4.79 Å². The van der Waals surface area contributed by atoms with E-state index in [-0.39, 0.29) is 5.91 Å². The van der Waals surface area contributed by atoms with E-state index < -0.39 is 5.38 Å². The van der Waals surface area contributed by atoms with Crippen LogP contribution in [0, 0.1) is 0 Å². The molecule has 1 amide bonds. The highest BCUT2D eigenvalue weighted by molar-refractivity contribution is 6.30. The number of rotatable bonds is 7. The quantitative estimate of drug-likeness (QED) is 0.656. The number of hydrogen-bond donors (Lipinski definition) is 1. The molecule has 0 spiro atoms. The minimum absolute atomic E-state index is 0.0405. The Morgan fingerprint density at radius 3 is 2.36 bits per heavy atom. The van der Waals surface area contributed by atoms with Gasteiger partial charge in [0.1, 0.15) is 5.38 Å². The molecule has 0 aliphatic heterocycles. The van der Waals surface area contributed by atoms with Crippen molar-refractivity contribution in [1.29, 1.82) is 0 Å². The monoisotopic (exact) mass is 219 g/mol. The van der Waals surface area contributed by atoms with E-state index in [4.69, 9.17) is 11.6 Å². The second kappa shape index (κ2) is 8.10. The SMILES string of the molecule is CCCCC(CCC)NC(=O)C(C)Cl. The molecule has 0 aliphatic rings. The van der Waals surface area contributed by atoms with Crippen molar-refractivity contribution in [2.24, 2.45) is 0 Å². The Morgan fingerprint density at radius 2 is 1.93 bits per heavy atom. The van der Waals surface area contributed by atoms with E-state index in [1.807, 2.05) is 0 Å². The molecule has 0 aliphatic carbocycles. The molecular formula is C11H22ClNO. The summed E-state index contributed by atoms with van der Waals surface area (Å²) in [4.78, 5) is 11.3. The fourth-order valence-corrected chi connectivity index (χ4v) is 1.47. The number of alkyl halides is 1. The van der Waals surface area contributed by atoms with Gasteiger partial charge >= 0.3 is 0 Å². The number of carbonyl (C=O) groups is 1. The molecule has 14 heavy (non-hydrogen) atoms. The largest absolute Gasteiger partial charge is 0.352 e. The summed E-state index contributed by atoms with van der Waals surface area (Å²) in [6, 6.07) is 0.314. The lowest BCUT2D eigenvalue weighted by atomic mass is 10.1. The molecule has 0 aromatic rings. The number of unbranched alkanes of at least 4 members (excludes halogenated alkanes) is 1. The first-order valence-electron chi connectivity index (χ1n) is 5.56. The molecular weight excluding hydrogens is 198 g/mol. The van der Waals surface area contributed by atoms with Gasteiger partial charge in [0.2, 0.25) is 5.91 Å². The molecule has 0 bridgehead atoms. The van der Waals surface area contributed by atoms with Crippen molar-refractivity contribution in [1.82, 2.24) is 5.32 Å². The van der Waals surface area contributed by atoms with Crippen LogP contribution in [0.2, 0.25) is 0 Å². The lowest BCUT2D eigenvalue weighted by Crippen LogP contribution is -2.38. The van der Waals surface area contributed by atoms with Crippen LogP contribution < -0.4 is 5.32 Å². The van der Waals surface area contributed by atoms with Gasteiger partial charge < -0.3 is 5.32 Å². The normalized spacial score (nSPS) is 14.9. The van der Waals surface area contributed by atoms with E-state index in [1.165, 1.54) is 12.8 Å². The minimum atomic E-state index is -0.420. The zero-order valence-corrected chi connectivity index (χ0v) is 10.2. The van der Waals surface area contributed by atoms with Gasteiger partial charge in [0.15, 0.2) is 0 Å². The molecule has 0 rings (SSSR count). The molecule has 0 aromatic carbocycles. The van der Waals surface area contributed by atoms with Gasteiger partial charge in [-0.3, -0.25) is 4.79 Å². The first kappa shape index (κ1) is 13.8. The lowest BCUT2D eigenvalue weighted by molar-refractivity contribution is -0.121. The second-order valence-corrected chi connectivity index (χ2v) is 4.41. The first-order chi connectivity index (χ1) is 6.61. The Hall–Kier alpha value is -0.240. The van der Waals surface area contributed by atoms with Gasteiger partial charge in [-0.2, -0.15) is 0 Å². The van der Waals surface area contributed by atoms with E-state index in [2.05, 4.69) is 19.2 Å². The second-order valence-electron chi connectivity index (χ2n) is 3.75. The highest BCUT2D eigenvalue weighted by Crippen LogP contribution is 2.07. The third kappa shape index (κ3) is 6.25. The van der Waals surface area contributed by atoms with Crippen molar-refractivity contribution in [3.63, 3.8) is 0 Å². The summed E-state index contributed by atoms with van der Waals surface area (Å²) < 4.78 is 0. The highest BCUT2D eigenvalue weighted by atomic mass is 35.5. The first-order valence-corrected chi connectivity index (χ1v) is 5.99. The Balaban J connectivity index is 3.88. The Kier molecular flexibility index (Phi) is 7.96. The maximum absolute atomic E-state index is 11.3. The van der Waals surface area contributed by atoms with Gasteiger partial charge in [-0.1, -0.05) is 33.1 Å². The third-order valence-corrected chi connectivity index (χ3v) is 2.45. The number of amides is 1. The van der Waals surface area contributed by atoms with Crippen LogP contribution in [0.15, 0.2) is 0 Å². The predicted octanol–water partition coefficient (Wildman–Crippen LogP) is 3.09. The molecule has 84 valence electrons. The average Bonchev–Trinajstić information content (AvgIpc) is 2.14. The molecule has 0 aromatic heterocycles. The topological polar surface area (TPSA) is 29.1 Å². The summed E-state index contributed by atoms with van der Waals surface area (Å²) >= 11 is 5.69. The fraction of sp³-hybridized carbons (Fsp3) is 0.909. The zero-order valence-electron chi connectivity index (χ0n) is 9.48. The summed E-state index contributed by atoms with van der Waals surface area (Å²) in [7, 11) is 0. The molecule has 0 saturated heterocycles. The number of carbonyl (C=O) groups excluding carboxylic acids is 1. The average molecular weight is 220 g/mol. The molecule has 2 nitrogen and oxygen atoms in total. The number of nitrogens with one attached hydrogen (secondary N) is 1. The predicted molar refractivity (Wildman–Crippen MR) is 61.7 cm³/mol. The Labute approximate surface area is 92.4 Å². The molecule has 0 saturated carbocycles. The standard InChI is InChI=1S/C11H22ClNO/c1-4-6-8-10(7-5-2)13-11(14)9(3)12/h9-10H,4-8H2,1-3H3,(H,13,14). The van der Waals surface area contributed by atoms with Crippen LogP contribution in [0.25, 0.3) is 0 Å². The summed E-state index contributed by atoms with van der Waals surface area (Å²) in [5, 5.41) is 2.56. The van der Waals surface area contributed by atoms with Crippen LogP contribution in [-0.2, 0) is 4.79 Å². The van der Waals surface area contributed by atoms with E-state index in [0.29, 0.717) is 6.04 Å². The Bertz CT molecular complexity index is 159. The van der Waals surface area contributed by atoms with Crippen LogP contribution in [0.3, 0.4) is 0 Å². The van der Waals surface area contributed by atoms with Crippen molar-refractivity contribution in [3.05, 3.63) is 0 Å². The maximum atomic E-state index is 11.3. The molecule has 3 heteroatoms. The van der Waals surface area contributed by atoms with Gasteiger partial charge in [0, 0.05) is 6.04 Å². The van der Waals surface area contributed by atoms with Crippen molar-refractivity contribution < 1.29 is 4.79 Å². The van der Waals surface area contributed by atoms with Gasteiger partial charge in [-0.25, -0.2) is 0 Å². The van der Waals surface area contributed by atoms with E-state index >= 15 is 0 Å². The van der Waals surface area contributed by atoms with Crippen LogP contribution in [0.4, 0.5) is 0 Å². The molecule has 2 unspecified atom stereocenters. The molecule has 0 fully saturated rings. The maximum Gasteiger partial charge on any atom is 0.237 e. The van der Waals surface area contributed by atoms with E-state index in [1.54, 1.807) is 6.92 Å². The Morgan fingerprint density at radius 1 is 1.29 bits per heavy atom. The third-order valence-electron chi connectivity index (χ3n) is 2.25. The fourth-order valence-electron chi connectivity index (χ4n) is 1.40. The number of halogens is 1. The van der Waals surface area contributed by atoms with Crippen molar-refractivity contribution >= 4 is 17.5 Å². The molecule has 0 heterocycles. The van der Waals surface area contributed by atoms with Crippen LogP contribution in [0.1, 0.15) is 52.9 Å². The summed E-state index contributed by atoms with van der Waals surface area (Å²) in [6.45, 7) is 6.00. The molecule has 0 radical (unpaired) electrons. The van der Waals surface area contributed by atoms with Crippen molar-refractivity contribution in [2.45, 2.75) is 64.3 Å². The molecule has 2 atom stereocenters. The number of hydrogen-bond acceptors (Lipinski definition) is 1. The van der Waals surface area contributed by atoms with Crippen LogP contribution in [0.5, 0.6) is 0 Å². The van der Waals surface area contributed by atoms with Gasteiger partial charge in [0.25, 0.3) is 0 Å². The van der Waals surface area contributed by atoms with Crippen LogP contribution in [-0.4, -0.2) is 17.3 Å². The van der Waals surface area contributed by atoms with E-state index in [0.717, 1.165) is 19.3 Å². The van der Waals surface area contributed by atoms with Crippen molar-refractivity contribution in [3.8, 4) is 0 Å². The van der Waals surface area contributed by atoms with Gasteiger partial charge in [-0.15, -0.1) is 11.6 Å². The highest BCUT2D eigenvalue weighted by Gasteiger charge is 2.14. The summed E-state index contributed by atoms with van der Waals surface area (Å²) in [6.07, 6.45) is 5.56. The molecule has 1 N–H and O–H groups in total.